The Bertz CT molecular complexity index is 1160. The number of methoxy groups -OCH3 is 1. The lowest BCUT2D eigenvalue weighted by atomic mass is 10.2. The summed E-state index contributed by atoms with van der Waals surface area (Å²) >= 11 is 1.30. The molecule has 0 aliphatic heterocycles. The summed E-state index contributed by atoms with van der Waals surface area (Å²) < 4.78 is 6.82. The van der Waals surface area contributed by atoms with Crippen LogP contribution in [-0.2, 0) is 4.79 Å². The molecule has 0 aliphatic carbocycles. The molecule has 0 unspecified atom stereocenters. The number of fused-ring (bicyclic) bond motifs is 1. The Morgan fingerprint density at radius 1 is 1.14 bits per heavy atom. The van der Waals surface area contributed by atoms with E-state index in [-0.39, 0.29) is 11.7 Å². The molecule has 2 aromatic heterocycles. The zero-order valence-corrected chi connectivity index (χ0v) is 16.7. The lowest BCUT2D eigenvalue weighted by Gasteiger charge is -2.07. The number of carbonyl (C=O) groups excluding carboxylic acids is 1. The van der Waals surface area contributed by atoms with Gasteiger partial charge in [-0.15, -0.1) is 5.10 Å². The van der Waals surface area contributed by atoms with Gasteiger partial charge in [0.15, 0.2) is 11.2 Å². The van der Waals surface area contributed by atoms with Crippen LogP contribution < -0.4 is 10.1 Å². The molecule has 8 nitrogen and oxygen atoms in total. The smallest absolute Gasteiger partial charge is 0.234 e. The molecule has 0 fully saturated rings. The highest BCUT2D eigenvalue weighted by Gasteiger charge is 2.15. The van der Waals surface area contributed by atoms with Crippen molar-refractivity contribution in [3.8, 4) is 11.4 Å². The number of rotatable bonds is 6. The largest absolute Gasteiger partial charge is 0.497 e. The average Bonchev–Trinajstić information content (AvgIpc) is 3.19. The third-order valence-corrected chi connectivity index (χ3v) is 5.26. The van der Waals surface area contributed by atoms with Gasteiger partial charge < -0.3 is 10.1 Å². The van der Waals surface area contributed by atoms with Crippen LogP contribution in [0.4, 0.5) is 5.69 Å². The number of carbonyl (C=O) groups is 1. The van der Waals surface area contributed by atoms with Crippen LogP contribution in [0.15, 0.2) is 59.9 Å². The van der Waals surface area contributed by atoms with Crippen LogP contribution in [0, 0.1) is 6.92 Å². The summed E-state index contributed by atoms with van der Waals surface area (Å²) in [6.07, 6.45) is 1.45. The molecule has 146 valence electrons. The minimum Gasteiger partial charge on any atom is -0.497 e. The van der Waals surface area contributed by atoms with E-state index in [1.165, 1.54) is 18.1 Å². The number of amides is 1. The van der Waals surface area contributed by atoms with E-state index in [1.807, 2.05) is 55.5 Å². The molecule has 0 bridgehead atoms. The molecule has 0 atom stereocenters. The van der Waals surface area contributed by atoms with E-state index in [4.69, 9.17) is 4.74 Å². The molecular weight excluding hydrogens is 388 g/mol. The van der Waals surface area contributed by atoms with Gasteiger partial charge >= 0.3 is 0 Å². The van der Waals surface area contributed by atoms with E-state index >= 15 is 0 Å². The summed E-state index contributed by atoms with van der Waals surface area (Å²) in [7, 11) is 1.62. The molecule has 0 saturated heterocycles. The molecule has 9 heteroatoms. The van der Waals surface area contributed by atoms with Gasteiger partial charge in [0.25, 0.3) is 0 Å². The van der Waals surface area contributed by atoms with Crippen molar-refractivity contribution >= 4 is 34.5 Å². The van der Waals surface area contributed by atoms with Crippen LogP contribution in [0.1, 0.15) is 5.56 Å². The fourth-order valence-electron chi connectivity index (χ4n) is 2.76. The molecule has 1 amide bonds. The molecule has 4 aromatic rings. The van der Waals surface area contributed by atoms with Crippen LogP contribution in [0.25, 0.3) is 16.9 Å². The summed E-state index contributed by atoms with van der Waals surface area (Å²) in [4.78, 5) is 20.9. The van der Waals surface area contributed by atoms with Gasteiger partial charge in [0.05, 0.1) is 18.6 Å². The summed E-state index contributed by atoms with van der Waals surface area (Å²) in [5, 5.41) is 11.9. The van der Waals surface area contributed by atoms with Crippen molar-refractivity contribution in [3.05, 3.63) is 60.4 Å². The molecule has 0 saturated carbocycles. The molecule has 2 heterocycles. The topological polar surface area (TPSA) is 94.8 Å². The monoisotopic (exact) mass is 406 g/mol. The zero-order valence-electron chi connectivity index (χ0n) is 15.9. The second kappa shape index (κ2) is 8.27. The van der Waals surface area contributed by atoms with Crippen molar-refractivity contribution in [2.75, 3.05) is 18.2 Å². The van der Waals surface area contributed by atoms with Gasteiger partial charge in [-0.05, 0) is 42.8 Å². The minimum absolute atomic E-state index is 0.112. The van der Waals surface area contributed by atoms with Crippen LogP contribution in [0.5, 0.6) is 5.75 Å². The molecule has 4 rings (SSSR count). The number of aryl methyl sites for hydroxylation is 1. The van der Waals surface area contributed by atoms with Crippen molar-refractivity contribution in [3.63, 3.8) is 0 Å². The Balaban J connectivity index is 1.52. The summed E-state index contributed by atoms with van der Waals surface area (Å²) in [6, 6.07) is 15.1. The van der Waals surface area contributed by atoms with Crippen molar-refractivity contribution in [1.29, 1.82) is 0 Å². The molecule has 2 aromatic carbocycles. The molecule has 0 spiro atoms. The van der Waals surface area contributed by atoms with Crippen molar-refractivity contribution in [2.24, 2.45) is 0 Å². The molecule has 1 N–H and O–H groups in total. The maximum atomic E-state index is 12.3. The van der Waals surface area contributed by atoms with Crippen LogP contribution in [0.3, 0.4) is 0 Å². The fraction of sp³-hybridized carbons (Fsp3) is 0.150. The highest BCUT2D eigenvalue weighted by atomic mass is 32.2. The van der Waals surface area contributed by atoms with E-state index in [0.717, 1.165) is 22.7 Å². The van der Waals surface area contributed by atoms with Gasteiger partial charge in [-0.2, -0.15) is 4.68 Å². The second-order valence-electron chi connectivity index (χ2n) is 6.20. The van der Waals surface area contributed by atoms with E-state index in [2.05, 4.69) is 25.6 Å². The van der Waals surface area contributed by atoms with Gasteiger partial charge in [-0.25, -0.2) is 9.97 Å². The number of thioether (sulfide) groups is 1. The van der Waals surface area contributed by atoms with Gasteiger partial charge in [0.1, 0.15) is 17.1 Å². The lowest BCUT2D eigenvalue weighted by Crippen LogP contribution is -2.14. The Morgan fingerprint density at radius 2 is 1.93 bits per heavy atom. The first-order valence-corrected chi connectivity index (χ1v) is 9.83. The van der Waals surface area contributed by atoms with E-state index in [0.29, 0.717) is 16.2 Å². The predicted octanol–water partition coefficient (Wildman–Crippen LogP) is 3.26. The van der Waals surface area contributed by atoms with Gasteiger partial charge in [0, 0.05) is 5.69 Å². The van der Waals surface area contributed by atoms with Crippen molar-refractivity contribution < 1.29 is 9.53 Å². The van der Waals surface area contributed by atoms with Crippen LogP contribution in [-0.4, -0.2) is 43.7 Å². The Hall–Kier alpha value is -3.46. The number of benzene rings is 2. The zero-order chi connectivity index (χ0) is 20.2. The number of nitrogens with one attached hydrogen (secondary N) is 1. The van der Waals surface area contributed by atoms with Crippen LogP contribution >= 0.6 is 11.8 Å². The number of aromatic nitrogens is 5. The Kier molecular flexibility index (Phi) is 5.39. The van der Waals surface area contributed by atoms with E-state index < -0.39 is 0 Å². The maximum absolute atomic E-state index is 12.3. The summed E-state index contributed by atoms with van der Waals surface area (Å²) in [5.74, 6) is 0.845. The van der Waals surface area contributed by atoms with Gasteiger partial charge in [-0.1, -0.05) is 35.2 Å². The molecular formula is C20H18N6O2S. The quantitative estimate of drug-likeness (QED) is 0.388. The van der Waals surface area contributed by atoms with Crippen molar-refractivity contribution in [2.45, 2.75) is 11.9 Å². The molecule has 29 heavy (non-hydrogen) atoms. The van der Waals surface area contributed by atoms with Gasteiger partial charge in [0.2, 0.25) is 5.91 Å². The predicted molar refractivity (Wildman–Crippen MR) is 112 cm³/mol. The highest BCUT2D eigenvalue weighted by Crippen LogP contribution is 2.25. The average molecular weight is 406 g/mol. The summed E-state index contributed by atoms with van der Waals surface area (Å²) in [5.41, 5.74) is 3.75. The number of anilines is 1. The Morgan fingerprint density at radius 3 is 2.69 bits per heavy atom. The lowest BCUT2D eigenvalue weighted by molar-refractivity contribution is -0.113. The first-order valence-electron chi connectivity index (χ1n) is 8.85. The number of nitrogens with zero attached hydrogens (tertiary/aromatic N) is 5. The van der Waals surface area contributed by atoms with Crippen molar-refractivity contribution in [1.82, 2.24) is 25.0 Å². The third kappa shape index (κ3) is 4.04. The third-order valence-electron chi connectivity index (χ3n) is 4.28. The van der Waals surface area contributed by atoms with E-state index in [1.54, 1.807) is 11.8 Å². The first kappa shape index (κ1) is 18.9. The summed E-state index contributed by atoms with van der Waals surface area (Å²) in [6.45, 7) is 1.95. The SMILES string of the molecule is COc1ccc(-n2nnc3c(SCC(=O)Nc4ccccc4C)ncnc32)cc1. The van der Waals surface area contributed by atoms with Gasteiger partial charge in [-0.3, -0.25) is 4.79 Å². The van der Waals surface area contributed by atoms with E-state index in [9.17, 15) is 4.79 Å². The van der Waals surface area contributed by atoms with Crippen LogP contribution in [0.2, 0.25) is 0 Å². The first-order chi connectivity index (χ1) is 14.2. The standard InChI is InChI=1S/C20H18N6O2S/c1-13-5-3-4-6-16(13)23-17(27)11-29-20-18-19(21-12-22-20)26(25-24-18)14-7-9-15(28-2)10-8-14/h3-10,12H,11H2,1-2H3,(H,23,27). The fourth-order valence-corrected chi connectivity index (χ4v) is 3.50. The molecule has 0 aliphatic rings. The normalized spacial score (nSPS) is 10.8. The second-order valence-corrected chi connectivity index (χ2v) is 7.17. The molecule has 0 radical (unpaired) electrons. The number of hydrogen-bond donors (Lipinski definition) is 1. The number of ether oxygens (including phenoxy) is 1. The Labute approximate surface area is 171 Å². The number of para-hydroxylation sites is 1. The highest BCUT2D eigenvalue weighted by molar-refractivity contribution is 8.00. The maximum Gasteiger partial charge on any atom is 0.234 e. The minimum atomic E-state index is -0.112. The number of hydrogen-bond acceptors (Lipinski definition) is 7.